The molecule has 78 valence electrons. The summed E-state index contributed by atoms with van der Waals surface area (Å²) in [4.78, 5) is 0. The van der Waals surface area contributed by atoms with Crippen molar-refractivity contribution >= 4 is 15.9 Å². The standard InChI is InChI=1S/C10H10BrF3/c1-2-7-5-3-4-6-8(11)9(7)10(12,13)14/h3-7H,2H2,1H3. The van der Waals surface area contributed by atoms with Crippen LogP contribution in [0.5, 0.6) is 0 Å². The predicted octanol–water partition coefficient (Wildman–Crippen LogP) is 4.35. The molecule has 0 N–H and O–H groups in total. The molecule has 1 rings (SSSR count). The van der Waals surface area contributed by atoms with E-state index >= 15 is 0 Å². The Balaban J connectivity index is 3.16. The van der Waals surface area contributed by atoms with E-state index in [1.807, 2.05) is 0 Å². The van der Waals surface area contributed by atoms with E-state index in [-0.39, 0.29) is 4.48 Å². The molecule has 1 atom stereocenters. The lowest BCUT2D eigenvalue weighted by molar-refractivity contribution is -0.0974. The topological polar surface area (TPSA) is 0 Å². The zero-order chi connectivity index (χ0) is 10.8. The number of hydrogen-bond donors (Lipinski definition) is 0. The van der Waals surface area contributed by atoms with Crippen LogP contribution in [0, 0.1) is 5.92 Å². The minimum absolute atomic E-state index is 0.127. The molecule has 0 nitrogen and oxygen atoms in total. The molecule has 0 saturated heterocycles. The molecule has 0 spiro atoms. The molecule has 0 fully saturated rings. The highest BCUT2D eigenvalue weighted by Gasteiger charge is 2.39. The summed E-state index contributed by atoms with van der Waals surface area (Å²) in [7, 11) is 0. The zero-order valence-corrected chi connectivity index (χ0v) is 9.19. The van der Waals surface area contributed by atoms with Crippen molar-refractivity contribution in [2.45, 2.75) is 19.5 Å². The highest BCUT2D eigenvalue weighted by molar-refractivity contribution is 9.11. The molecule has 14 heavy (non-hydrogen) atoms. The molecule has 0 saturated carbocycles. The third kappa shape index (κ3) is 2.50. The van der Waals surface area contributed by atoms with Gasteiger partial charge in [0.1, 0.15) is 0 Å². The van der Waals surface area contributed by atoms with Gasteiger partial charge in [0.25, 0.3) is 0 Å². The monoisotopic (exact) mass is 266 g/mol. The van der Waals surface area contributed by atoms with Gasteiger partial charge in [-0.3, -0.25) is 0 Å². The van der Waals surface area contributed by atoms with Gasteiger partial charge in [-0.2, -0.15) is 13.2 Å². The van der Waals surface area contributed by atoms with E-state index in [4.69, 9.17) is 0 Å². The second-order valence-corrected chi connectivity index (χ2v) is 3.87. The Morgan fingerprint density at radius 2 is 2.00 bits per heavy atom. The molecule has 0 aromatic rings. The van der Waals surface area contributed by atoms with Gasteiger partial charge in [0.2, 0.25) is 0 Å². The van der Waals surface area contributed by atoms with Crippen LogP contribution in [0.25, 0.3) is 0 Å². The van der Waals surface area contributed by atoms with E-state index in [1.165, 1.54) is 6.08 Å². The highest BCUT2D eigenvalue weighted by Crippen LogP contribution is 2.39. The van der Waals surface area contributed by atoms with E-state index < -0.39 is 17.7 Å². The highest BCUT2D eigenvalue weighted by atomic mass is 79.9. The molecule has 0 aromatic carbocycles. The first-order valence-electron chi connectivity index (χ1n) is 4.28. The molecule has 0 bridgehead atoms. The number of allylic oxidation sites excluding steroid dienone is 6. The van der Waals surface area contributed by atoms with Gasteiger partial charge < -0.3 is 0 Å². The van der Waals surface area contributed by atoms with Crippen LogP contribution in [0.1, 0.15) is 13.3 Å². The van der Waals surface area contributed by atoms with E-state index in [0.29, 0.717) is 6.42 Å². The van der Waals surface area contributed by atoms with E-state index in [2.05, 4.69) is 15.9 Å². The molecule has 0 aromatic heterocycles. The van der Waals surface area contributed by atoms with Gasteiger partial charge >= 0.3 is 6.18 Å². The first-order chi connectivity index (χ1) is 6.46. The molecular weight excluding hydrogens is 257 g/mol. The second-order valence-electron chi connectivity index (χ2n) is 3.02. The van der Waals surface area contributed by atoms with E-state index in [1.54, 1.807) is 25.2 Å². The van der Waals surface area contributed by atoms with Gasteiger partial charge in [-0.1, -0.05) is 41.1 Å². The summed E-state index contributed by atoms with van der Waals surface area (Å²) in [6.45, 7) is 1.74. The van der Waals surface area contributed by atoms with Gasteiger partial charge in [-0.05, 0) is 12.5 Å². The Morgan fingerprint density at radius 1 is 1.36 bits per heavy atom. The summed E-state index contributed by atoms with van der Waals surface area (Å²) < 4.78 is 38.1. The van der Waals surface area contributed by atoms with Crippen molar-refractivity contribution in [2.75, 3.05) is 0 Å². The first kappa shape index (κ1) is 11.6. The van der Waals surface area contributed by atoms with Crippen molar-refractivity contribution in [3.8, 4) is 0 Å². The van der Waals surface area contributed by atoms with Crippen LogP contribution in [0.3, 0.4) is 0 Å². The molecule has 4 heteroatoms. The fourth-order valence-corrected chi connectivity index (χ4v) is 2.06. The van der Waals surface area contributed by atoms with Gasteiger partial charge in [-0.15, -0.1) is 0 Å². The summed E-state index contributed by atoms with van der Waals surface area (Å²) in [5, 5.41) is 0. The van der Waals surface area contributed by atoms with Crippen LogP contribution in [0.15, 0.2) is 34.4 Å². The quantitative estimate of drug-likeness (QED) is 0.662. The molecule has 1 unspecified atom stereocenters. The Kier molecular flexibility index (Phi) is 3.59. The second kappa shape index (κ2) is 4.34. The van der Waals surface area contributed by atoms with E-state index in [9.17, 15) is 13.2 Å². The Bertz CT molecular complexity index is 297. The maximum atomic E-state index is 12.7. The molecule has 0 heterocycles. The Labute approximate surface area is 89.3 Å². The summed E-state index contributed by atoms with van der Waals surface area (Å²) in [5.74, 6) is -0.556. The minimum Gasteiger partial charge on any atom is -0.166 e. The van der Waals surface area contributed by atoms with Crippen molar-refractivity contribution in [2.24, 2.45) is 5.92 Å². The molecule has 1 aliphatic rings. The summed E-state index contributed by atoms with van der Waals surface area (Å²) in [6, 6.07) is 0. The van der Waals surface area contributed by atoms with Gasteiger partial charge in [-0.25, -0.2) is 0 Å². The molecule has 1 aliphatic carbocycles. The maximum Gasteiger partial charge on any atom is 0.414 e. The minimum atomic E-state index is -4.27. The predicted molar refractivity (Wildman–Crippen MR) is 54.1 cm³/mol. The van der Waals surface area contributed by atoms with Crippen LogP contribution in [0.2, 0.25) is 0 Å². The van der Waals surface area contributed by atoms with Crippen LogP contribution in [-0.2, 0) is 0 Å². The molecule has 0 radical (unpaired) electrons. The normalized spacial score (nSPS) is 22.8. The molecule has 0 aliphatic heterocycles. The maximum absolute atomic E-state index is 12.7. The average molecular weight is 267 g/mol. The summed E-state index contributed by atoms with van der Waals surface area (Å²) in [6.07, 6.45) is 2.43. The average Bonchev–Trinajstić information content (AvgIpc) is 2.24. The lowest BCUT2D eigenvalue weighted by atomic mass is 9.96. The largest absolute Gasteiger partial charge is 0.414 e. The van der Waals surface area contributed by atoms with E-state index in [0.717, 1.165) is 0 Å². The van der Waals surface area contributed by atoms with Crippen LogP contribution in [-0.4, -0.2) is 6.18 Å². The third-order valence-corrected chi connectivity index (χ3v) is 2.76. The van der Waals surface area contributed by atoms with Gasteiger partial charge in [0.05, 0.1) is 5.57 Å². The van der Waals surface area contributed by atoms with Crippen molar-refractivity contribution in [3.63, 3.8) is 0 Å². The third-order valence-electron chi connectivity index (χ3n) is 2.07. The summed E-state index contributed by atoms with van der Waals surface area (Å²) in [5.41, 5.74) is -0.495. The lowest BCUT2D eigenvalue weighted by Crippen LogP contribution is -2.19. The number of alkyl halides is 3. The summed E-state index contributed by atoms with van der Waals surface area (Å²) >= 11 is 2.95. The fourth-order valence-electron chi connectivity index (χ4n) is 1.39. The fraction of sp³-hybridized carbons (Fsp3) is 0.400. The SMILES string of the molecule is CCC1C=CC=CC(Br)=C1C(F)(F)F. The number of hydrogen-bond acceptors (Lipinski definition) is 0. The van der Waals surface area contributed by atoms with Crippen molar-refractivity contribution in [1.29, 1.82) is 0 Å². The Morgan fingerprint density at radius 3 is 2.50 bits per heavy atom. The van der Waals surface area contributed by atoms with Crippen LogP contribution >= 0.6 is 15.9 Å². The smallest absolute Gasteiger partial charge is 0.166 e. The van der Waals surface area contributed by atoms with Crippen LogP contribution in [0.4, 0.5) is 13.2 Å². The van der Waals surface area contributed by atoms with Crippen LogP contribution < -0.4 is 0 Å². The van der Waals surface area contributed by atoms with Crippen molar-refractivity contribution in [3.05, 3.63) is 34.4 Å². The Hall–Kier alpha value is -0.510. The van der Waals surface area contributed by atoms with Gasteiger partial charge in [0.15, 0.2) is 0 Å². The zero-order valence-electron chi connectivity index (χ0n) is 7.61. The van der Waals surface area contributed by atoms with Crippen molar-refractivity contribution in [1.82, 2.24) is 0 Å². The number of halogens is 4. The molecular formula is C10H10BrF3. The first-order valence-corrected chi connectivity index (χ1v) is 5.07. The number of rotatable bonds is 1. The van der Waals surface area contributed by atoms with Crippen molar-refractivity contribution < 1.29 is 13.2 Å². The molecule has 0 amide bonds. The van der Waals surface area contributed by atoms with Gasteiger partial charge in [0, 0.05) is 10.4 Å². The lowest BCUT2D eigenvalue weighted by Gasteiger charge is -2.18.